The Hall–Kier alpha value is -2.63. The average molecular weight is 333 g/mol. The number of carbonyl (C=O) groups excluding carboxylic acids is 1. The summed E-state index contributed by atoms with van der Waals surface area (Å²) in [4.78, 5) is 12.6. The number of ether oxygens (including phenoxy) is 2. The Morgan fingerprint density at radius 2 is 1.75 bits per heavy atom. The Bertz CT molecular complexity index is 788. The number of benzene rings is 2. The number of hydrogen-bond acceptors (Lipinski definition) is 3. The molecule has 0 atom stereocenters. The highest BCUT2D eigenvalue weighted by Crippen LogP contribution is 2.50. The van der Waals surface area contributed by atoms with Crippen molar-refractivity contribution >= 4 is 11.6 Å². The normalized spacial score (nSPS) is 14.8. The summed E-state index contributed by atoms with van der Waals surface area (Å²) in [6.07, 6.45) is 1.30. The smallest absolute Gasteiger partial charge is 0.235 e. The van der Waals surface area contributed by atoms with Crippen molar-refractivity contribution in [1.29, 1.82) is 0 Å². The molecule has 0 radical (unpaired) electrons. The van der Waals surface area contributed by atoms with Gasteiger partial charge in [-0.1, -0.05) is 6.07 Å². The van der Waals surface area contributed by atoms with Crippen molar-refractivity contribution < 1.29 is 23.0 Å². The van der Waals surface area contributed by atoms with E-state index in [2.05, 4.69) is 5.32 Å². The summed E-state index contributed by atoms with van der Waals surface area (Å²) in [6.45, 7) is 0. The molecule has 1 saturated carbocycles. The van der Waals surface area contributed by atoms with E-state index in [1.54, 1.807) is 18.2 Å². The lowest BCUT2D eigenvalue weighted by atomic mass is 9.94. The van der Waals surface area contributed by atoms with Gasteiger partial charge in [-0.05, 0) is 42.7 Å². The molecule has 0 bridgehead atoms. The van der Waals surface area contributed by atoms with E-state index in [0.29, 0.717) is 24.3 Å². The van der Waals surface area contributed by atoms with Gasteiger partial charge in [0, 0.05) is 6.07 Å². The van der Waals surface area contributed by atoms with Crippen LogP contribution in [0.15, 0.2) is 36.4 Å². The molecule has 0 unspecified atom stereocenters. The van der Waals surface area contributed by atoms with E-state index in [9.17, 15) is 13.6 Å². The number of halogens is 2. The monoisotopic (exact) mass is 333 g/mol. The van der Waals surface area contributed by atoms with Crippen LogP contribution in [0.25, 0.3) is 0 Å². The molecule has 1 aliphatic rings. The molecular formula is C18H17F2NO3. The Labute approximate surface area is 138 Å². The summed E-state index contributed by atoms with van der Waals surface area (Å²) in [5.74, 6) is -0.706. The largest absolute Gasteiger partial charge is 0.493 e. The minimum absolute atomic E-state index is 0.0341. The number of carbonyl (C=O) groups is 1. The van der Waals surface area contributed by atoms with E-state index in [1.807, 2.05) is 0 Å². The molecule has 0 aliphatic heterocycles. The van der Waals surface area contributed by atoms with Gasteiger partial charge < -0.3 is 14.8 Å². The first kappa shape index (κ1) is 16.2. The third-order valence-electron chi connectivity index (χ3n) is 4.30. The maximum absolute atomic E-state index is 13.7. The molecule has 126 valence electrons. The van der Waals surface area contributed by atoms with E-state index < -0.39 is 17.0 Å². The zero-order chi connectivity index (χ0) is 17.3. The molecule has 24 heavy (non-hydrogen) atoms. The Kier molecular flexibility index (Phi) is 4.13. The molecule has 2 aromatic carbocycles. The number of anilines is 1. The number of amides is 1. The van der Waals surface area contributed by atoms with Gasteiger partial charge in [0.1, 0.15) is 11.6 Å². The fourth-order valence-corrected chi connectivity index (χ4v) is 2.74. The van der Waals surface area contributed by atoms with Gasteiger partial charge in [-0.15, -0.1) is 0 Å². The van der Waals surface area contributed by atoms with Gasteiger partial charge in [-0.2, -0.15) is 0 Å². The number of nitrogens with one attached hydrogen (secondary N) is 1. The van der Waals surface area contributed by atoms with Gasteiger partial charge in [0.05, 0.1) is 25.3 Å². The van der Waals surface area contributed by atoms with E-state index in [4.69, 9.17) is 9.47 Å². The highest BCUT2D eigenvalue weighted by atomic mass is 19.1. The summed E-state index contributed by atoms with van der Waals surface area (Å²) in [7, 11) is 3.06. The fourth-order valence-electron chi connectivity index (χ4n) is 2.74. The van der Waals surface area contributed by atoms with Crippen LogP contribution in [0, 0.1) is 11.6 Å². The lowest BCUT2D eigenvalue weighted by Gasteiger charge is -2.18. The predicted molar refractivity (Wildman–Crippen MR) is 85.4 cm³/mol. The molecule has 1 fully saturated rings. The summed E-state index contributed by atoms with van der Waals surface area (Å²) >= 11 is 0. The quantitative estimate of drug-likeness (QED) is 0.908. The van der Waals surface area contributed by atoms with Crippen molar-refractivity contribution in [2.75, 3.05) is 19.5 Å². The van der Waals surface area contributed by atoms with Crippen molar-refractivity contribution in [3.8, 4) is 11.5 Å². The number of methoxy groups -OCH3 is 2. The fraction of sp³-hybridized carbons (Fsp3) is 0.278. The SMILES string of the molecule is COc1ccc(C2(C(=O)Nc3ccc(F)cc3F)CC2)cc1OC. The standard InChI is InChI=1S/C18H17F2NO3/c1-23-15-6-3-11(9-16(15)24-2)18(7-8-18)17(22)21-14-5-4-12(19)10-13(14)20/h3-6,9-10H,7-8H2,1-2H3,(H,21,22). The molecule has 0 aromatic heterocycles. The van der Waals surface area contributed by atoms with Gasteiger partial charge >= 0.3 is 0 Å². The van der Waals surface area contributed by atoms with Crippen LogP contribution in [-0.2, 0) is 10.2 Å². The van der Waals surface area contributed by atoms with E-state index in [0.717, 1.165) is 17.7 Å². The molecule has 3 rings (SSSR count). The van der Waals surface area contributed by atoms with Crippen molar-refractivity contribution in [2.45, 2.75) is 18.3 Å². The second kappa shape index (κ2) is 6.11. The van der Waals surface area contributed by atoms with Gasteiger partial charge in [0.2, 0.25) is 5.91 Å². The van der Waals surface area contributed by atoms with Crippen molar-refractivity contribution in [2.24, 2.45) is 0 Å². The first-order valence-electron chi connectivity index (χ1n) is 7.49. The summed E-state index contributed by atoms with van der Waals surface area (Å²) in [5, 5.41) is 2.55. The molecule has 4 nitrogen and oxygen atoms in total. The van der Waals surface area contributed by atoms with Crippen molar-refractivity contribution in [1.82, 2.24) is 0 Å². The van der Waals surface area contributed by atoms with Gasteiger partial charge in [0.15, 0.2) is 11.5 Å². The Morgan fingerprint density at radius 3 is 2.33 bits per heavy atom. The summed E-state index contributed by atoms with van der Waals surface area (Å²) in [6, 6.07) is 8.36. The maximum Gasteiger partial charge on any atom is 0.235 e. The van der Waals surface area contributed by atoms with Crippen LogP contribution >= 0.6 is 0 Å². The molecule has 1 amide bonds. The topological polar surface area (TPSA) is 47.6 Å². The van der Waals surface area contributed by atoms with E-state index in [1.165, 1.54) is 20.3 Å². The molecule has 6 heteroatoms. The zero-order valence-electron chi connectivity index (χ0n) is 13.4. The highest BCUT2D eigenvalue weighted by Gasteiger charge is 2.51. The molecule has 0 spiro atoms. The van der Waals surface area contributed by atoms with E-state index in [-0.39, 0.29) is 11.6 Å². The van der Waals surface area contributed by atoms with E-state index >= 15 is 0 Å². The molecule has 2 aromatic rings. The maximum atomic E-state index is 13.7. The van der Waals surface area contributed by atoms with Crippen LogP contribution in [0.2, 0.25) is 0 Å². The molecule has 0 heterocycles. The summed E-state index contributed by atoms with van der Waals surface area (Å²) in [5.41, 5.74) is 0.0220. The van der Waals surface area contributed by atoms with Crippen LogP contribution in [0.1, 0.15) is 18.4 Å². The zero-order valence-corrected chi connectivity index (χ0v) is 13.4. The Morgan fingerprint density at radius 1 is 1.04 bits per heavy atom. The van der Waals surface area contributed by atoms with Crippen molar-refractivity contribution in [3.05, 3.63) is 53.6 Å². The van der Waals surface area contributed by atoms with Crippen LogP contribution in [-0.4, -0.2) is 20.1 Å². The van der Waals surface area contributed by atoms with Gasteiger partial charge in [-0.25, -0.2) is 8.78 Å². The first-order valence-corrected chi connectivity index (χ1v) is 7.49. The predicted octanol–water partition coefficient (Wildman–Crippen LogP) is 3.65. The molecular weight excluding hydrogens is 316 g/mol. The second-order valence-electron chi connectivity index (χ2n) is 5.73. The Balaban J connectivity index is 1.86. The van der Waals surface area contributed by atoms with Crippen molar-refractivity contribution in [3.63, 3.8) is 0 Å². The average Bonchev–Trinajstić information content (AvgIpc) is 3.38. The van der Waals surface area contributed by atoms with Crippen LogP contribution in [0.3, 0.4) is 0 Å². The van der Waals surface area contributed by atoms with Gasteiger partial charge in [0.25, 0.3) is 0 Å². The lowest BCUT2D eigenvalue weighted by Crippen LogP contribution is -2.28. The number of rotatable bonds is 5. The first-order chi connectivity index (χ1) is 11.5. The minimum atomic E-state index is -0.800. The van der Waals surface area contributed by atoms with Crippen LogP contribution in [0.4, 0.5) is 14.5 Å². The second-order valence-corrected chi connectivity index (χ2v) is 5.73. The lowest BCUT2D eigenvalue weighted by molar-refractivity contribution is -0.118. The molecule has 0 saturated heterocycles. The van der Waals surface area contributed by atoms with Crippen LogP contribution in [0.5, 0.6) is 11.5 Å². The van der Waals surface area contributed by atoms with Gasteiger partial charge in [-0.3, -0.25) is 4.79 Å². The number of hydrogen-bond donors (Lipinski definition) is 1. The summed E-state index contributed by atoms with van der Waals surface area (Å²) < 4.78 is 37.2. The third-order valence-corrected chi connectivity index (χ3v) is 4.30. The van der Waals surface area contributed by atoms with Crippen LogP contribution < -0.4 is 14.8 Å². The molecule has 1 N–H and O–H groups in total. The highest BCUT2D eigenvalue weighted by molar-refractivity contribution is 6.01. The minimum Gasteiger partial charge on any atom is -0.493 e. The third kappa shape index (κ3) is 2.79. The molecule has 1 aliphatic carbocycles.